The molecule has 1 aliphatic heterocycles. The van der Waals surface area contributed by atoms with Crippen LogP contribution in [0.15, 0.2) is 72.8 Å². The average Bonchev–Trinajstić information content (AvgIpc) is 3.18. The third-order valence-corrected chi connectivity index (χ3v) is 6.89. The van der Waals surface area contributed by atoms with E-state index in [9.17, 15) is 4.79 Å². The zero-order valence-corrected chi connectivity index (χ0v) is 17.3. The minimum atomic E-state index is -0.0392. The summed E-state index contributed by atoms with van der Waals surface area (Å²) in [7, 11) is 1.52. The van der Waals surface area contributed by atoms with E-state index in [4.69, 9.17) is 4.74 Å². The molecule has 1 heterocycles. The lowest BCUT2D eigenvalue weighted by Gasteiger charge is -2.37. The average molecular weight is 390 g/mol. The highest BCUT2D eigenvalue weighted by Gasteiger charge is 2.47. The lowest BCUT2D eigenvalue weighted by atomic mass is 9.68. The first-order valence-corrected chi connectivity index (χ1v) is 10.8. The molecule has 29 heavy (non-hydrogen) atoms. The van der Waals surface area contributed by atoms with Crippen molar-refractivity contribution < 1.29 is 9.53 Å². The molecule has 2 aromatic carbocycles. The second-order valence-electron chi connectivity index (χ2n) is 8.54. The largest absolute Gasteiger partial charge is 0.469 e. The second-order valence-corrected chi connectivity index (χ2v) is 8.54. The fourth-order valence-electron chi connectivity index (χ4n) is 5.27. The van der Waals surface area contributed by atoms with E-state index in [1.54, 1.807) is 0 Å². The number of likely N-dealkylation sites (tertiary alicyclic amines) is 1. The van der Waals surface area contributed by atoms with E-state index in [-0.39, 0.29) is 17.3 Å². The van der Waals surface area contributed by atoms with E-state index in [1.165, 1.54) is 18.2 Å². The first kappa shape index (κ1) is 19.9. The van der Waals surface area contributed by atoms with Crippen molar-refractivity contribution in [3.05, 3.63) is 83.9 Å². The molecule has 0 aromatic heterocycles. The van der Waals surface area contributed by atoms with Crippen molar-refractivity contribution in [2.45, 2.75) is 31.6 Å². The summed E-state index contributed by atoms with van der Waals surface area (Å²) in [5, 5.41) is 0. The summed E-state index contributed by atoms with van der Waals surface area (Å²) in [5.41, 5.74) is 2.80. The molecule has 0 unspecified atom stereocenters. The third-order valence-electron chi connectivity index (χ3n) is 6.89. The van der Waals surface area contributed by atoms with Crippen molar-refractivity contribution in [2.24, 2.45) is 11.3 Å². The highest BCUT2D eigenvalue weighted by molar-refractivity contribution is 5.74. The van der Waals surface area contributed by atoms with Gasteiger partial charge in [0.05, 0.1) is 13.0 Å². The van der Waals surface area contributed by atoms with Crippen LogP contribution in [0.1, 0.15) is 42.7 Å². The molecule has 0 N–H and O–H groups in total. The number of esters is 1. The summed E-state index contributed by atoms with van der Waals surface area (Å²) in [6.07, 6.45) is 8.39. The summed E-state index contributed by atoms with van der Waals surface area (Å²) in [5.74, 6) is 0.362. The number of benzene rings is 2. The van der Waals surface area contributed by atoms with Crippen molar-refractivity contribution in [3.63, 3.8) is 0 Å². The Morgan fingerprint density at radius 3 is 2.34 bits per heavy atom. The molecule has 0 saturated carbocycles. The van der Waals surface area contributed by atoms with Crippen LogP contribution in [0.4, 0.5) is 0 Å². The third kappa shape index (κ3) is 4.30. The SMILES string of the molecule is COC(=O)[C@H]1CC=CC[C@]12CCN(CCC(c1ccccc1)c1ccccc1)C2. The Hall–Kier alpha value is -2.39. The Morgan fingerprint density at radius 1 is 1.07 bits per heavy atom. The van der Waals surface area contributed by atoms with E-state index in [0.717, 1.165) is 45.3 Å². The van der Waals surface area contributed by atoms with Gasteiger partial charge in [-0.25, -0.2) is 0 Å². The first-order valence-electron chi connectivity index (χ1n) is 10.8. The maximum Gasteiger partial charge on any atom is 0.309 e. The number of ether oxygens (including phenoxy) is 1. The predicted octanol–water partition coefficient (Wildman–Crippen LogP) is 5.04. The molecular formula is C26H31NO2. The van der Waals surface area contributed by atoms with Gasteiger partial charge in [-0.2, -0.15) is 0 Å². The lowest BCUT2D eigenvalue weighted by molar-refractivity contribution is -0.150. The fraction of sp³-hybridized carbons (Fsp3) is 0.423. The number of carbonyl (C=O) groups excluding carboxylic acids is 1. The van der Waals surface area contributed by atoms with E-state index >= 15 is 0 Å². The number of allylic oxidation sites excluding steroid dienone is 2. The summed E-state index contributed by atoms with van der Waals surface area (Å²) in [6.45, 7) is 3.11. The summed E-state index contributed by atoms with van der Waals surface area (Å²) in [4.78, 5) is 15.0. The maximum atomic E-state index is 12.4. The molecule has 0 bridgehead atoms. The summed E-state index contributed by atoms with van der Waals surface area (Å²) < 4.78 is 5.13. The van der Waals surface area contributed by atoms with Crippen molar-refractivity contribution in [3.8, 4) is 0 Å². The molecule has 152 valence electrons. The van der Waals surface area contributed by atoms with E-state index < -0.39 is 0 Å². The highest BCUT2D eigenvalue weighted by Crippen LogP contribution is 2.46. The Kier molecular flexibility index (Phi) is 6.15. The molecule has 1 saturated heterocycles. The van der Waals surface area contributed by atoms with Crippen LogP contribution in [0.3, 0.4) is 0 Å². The van der Waals surface area contributed by atoms with Gasteiger partial charge in [0.25, 0.3) is 0 Å². The minimum absolute atomic E-state index is 0.00143. The van der Waals surface area contributed by atoms with Gasteiger partial charge in [-0.1, -0.05) is 72.8 Å². The van der Waals surface area contributed by atoms with Crippen LogP contribution >= 0.6 is 0 Å². The number of carbonyl (C=O) groups is 1. The monoisotopic (exact) mass is 389 g/mol. The number of nitrogens with zero attached hydrogens (tertiary/aromatic N) is 1. The Morgan fingerprint density at radius 2 is 1.72 bits per heavy atom. The summed E-state index contributed by atoms with van der Waals surface area (Å²) in [6, 6.07) is 21.6. The maximum absolute atomic E-state index is 12.4. The van der Waals surface area contributed by atoms with Crippen molar-refractivity contribution >= 4 is 5.97 Å². The van der Waals surface area contributed by atoms with Gasteiger partial charge in [-0.05, 0) is 49.9 Å². The minimum Gasteiger partial charge on any atom is -0.469 e. The molecule has 3 heteroatoms. The molecule has 0 radical (unpaired) electrons. The molecular weight excluding hydrogens is 358 g/mol. The van der Waals surface area contributed by atoms with Crippen molar-refractivity contribution in [1.82, 2.24) is 4.90 Å². The van der Waals surface area contributed by atoms with Gasteiger partial charge < -0.3 is 9.64 Å². The zero-order chi connectivity index (χ0) is 20.1. The molecule has 0 amide bonds. The lowest BCUT2D eigenvalue weighted by Crippen LogP contribution is -2.40. The quantitative estimate of drug-likeness (QED) is 0.512. The number of methoxy groups -OCH3 is 1. The van der Waals surface area contributed by atoms with Crippen LogP contribution in [0, 0.1) is 11.3 Å². The highest BCUT2D eigenvalue weighted by atomic mass is 16.5. The van der Waals surface area contributed by atoms with E-state index in [0.29, 0.717) is 5.92 Å². The Bertz CT molecular complexity index is 793. The van der Waals surface area contributed by atoms with Gasteiger partial charge in [0.1, 0.15) is 0 Å². The van der Waals surface area contributed by atoms with Gasteiger partial charge >= 0.3 is 5.97 Å². The molecule has 1 aliphatic carbocycles. The topological polar surface area (TPSA) is 29.5 Å². The van der Waals surface area contributed by atoms with Gasteiger partial charge in [0.15, 0.2) is 0 Å². The second kappa shape index (κ2) is 8.96. The fourth-order valence-corrected chi connectivity index (χ4v) is 5.27. The van der Waals surface area contributed by atoms with Crippen LogP contribution in [0.2, 0.25) is 0 Å². The van der Waals surface area contributed by atoms with Gasteiger partial charge in [0, 0.05) is 17.9 Å². The van der Waals surface area contributed by atoms with Crippen molar-refractivity contribution in [2.75, 3.05) is 26.7 Å². The predicted molar refractivity (Wildman–Crippen MR) is 117 cm³/mol. The van der Waals surface area contributed by atoms with Crippen LogP contribution < -0.4 is 0 Å². The van der Waals surface area contributed by atoms with E-state index in [2.05, 4.69) is 77.7 Å². The van der Waals surface area contributed by atoms with E-state index in [1.807, 2.05) is 0 Å². The van der Waals surface area contributed by atoms with Gasteiger partial charge in [0.2, 0.25) is 0 Å². The van der Waals surface area contributed by atoms with Gasteiger partial charge in [-0.3, -0.25) is 4.79 Å². The molecule has 1 fully saturated rings. The Labute approximate surface area is 174 Å². The molecule has 2 aromatic rings. The number of hydrogen-bond acceptors (Lipinski definition) is 3. The Balaban J connectivity index is 1.46. The standard InChI is InChI=1S/C26H31NO2/c1-29-25(28)24-14-8-9-16-26(24)17-19-27(20-26)18-15-23(21-10-4-2-5-11-21)22-12-6-3-7-13-22/h2-13,23-24H,14-20H2,1H3/t24-,26-/m1/s1. The van der Waals surface area contributed by atoms with Crippen LogP contribution in [0.5, 0.6) is 0 Å². The molecule has 2 aliphatic rings. The molecule has 4 rings (SSSR count). The van der Waals surface area contributed by atoms with Crippen LogP contribution in [-0.4, -0.2) is 37.6 Å². The molecule has 2 atom stereocenters. The van der Waals surface area contributed by atoms with Crippen LogP contribution in [0.25, 0.3) is 0 Å². The normalized spacial score (nSPS) is 24.3. The zero-order valence-electron chi connectivity index (χ0n) is 17.3. The smallest absolute Gasteiger partial charge is 0.309 e. The van der Waals surface area contributed by atoms with Gasteiger partial charge in [-0.15, -0.1) is 0 Å². The number of rotatable bonds is 6. The summed E-state index contributed by atoms with van der Waals surface area (Å²) >= 11 is 0. The van der Waals surface area contributed by atoms with Crippen molar-refractivity contribution in [1.29, 1.82) is 0 Å². The molecule has 3 nitrogen and oxygen atoms in total. The first-order chi connectivity index (χ1) is 14.2. The van der Waals surface area contributed by atoms with Crippen LogP contribution in [-0.2, 0) is 9.53 Å². The molecule has 1 spiro atoms. The number of hydrogen-bond donors (Lipinski definition) is 0.